The van der Waals surface area contributed by atoms with Gasteiger partial charge >= 0.3 is 5.97 Å². The second kappa shape index (κ2) is 10.8. The molecule has 0 atom stereocenters. The van der Waals surface area contributed by atoms with Gasteiger partial charge in [-0.3, -0.25) is 4.79 Å². The number of esters is 1. The van der Waals surface area contributed by atoms with E-state index in [9.17, 15) is 9.59 Å². The van der Waals surface area contributed by atoms with Gasteiger partial charge in [-0.2, -0.15) is 0 Å². The molecule has 1 aliphatic rings. The molecule has 1 fully saturated rings. The highest BCUT2D eigenvalue weighted by atomic mass is 79.9. The van der Waals surface area contributed by atoms with Crippen molar-refractivity contribution in [3.63, 3.8) is 0 Å². The maximum atomic E-state index is 12.0. The quantitative estimate of drug-likeness (QED) is 0.368. The third kappa shape index (κ3) is 6.58. The Morgan fingerprint density at radius 2 is 2.12 bits per heavy atom. The lowest BCUT2D eigenvalue weighted by atomic mass is 10.0. The topological polar surface area (TPSA) is 71.5 Å². The van der Waals surface area contributed by atoms with Crippen LogP contribution in [-0.4, -0.2) is 47.9 Å². The third-order valence-corrected chi connectivity index (χ3v) is 5.61. The standard InChI is InChI=1S/C17H26BrN3O3S/c1-2-24-16(23)14-12-25-17(20-14)21-10-7-13(8-11-21)19-15(22)6-4-3-5-9-18/h12-13H,2-11H2,1H3,(H,19,22). The zero-order valence-corrected chi connectivity index (χ0v) is 17.0. The molecule has 0 unspecified atom stereocenters. The van der Waals surface area contributed by atoms with Gasteiger partial charge in [-0.15, -0.1) is 11.3 Å². The summed E-state index contributed by atoms with van der Waals surface area (Å²) in [5, 5.41) is 6.74. The van der Waals surface area contributed by atoms with Crippen molar-refractivity contribution in [2.75, 3.05) is 29.9 Å². The van der Waals surface area contributed by atoms with E-state index in [0.717, 1.165) is 55.7 Å². The molecule has 1 amide bonds. The number of amides is 1. The van der Waals surface area contributed by atoms with Crippen LogP contribution in [0.5, 0.6) is 0 Å². The van der Waals surface area contributed by atoms with Crippen LogP contribution in [0.1, 0.15) is 55.9 Å². The Labute approximate surface area is 161 Å². The molecule has 0 bridgehead atoms. The highest BCUT2D eigenvalue weighted by Crippen LogP contribution is 2.24. The van der Waals surface area contributed by atoms with E-state index in [1.54, 1.807) is 12.3 Å². The summed E-state index contributed by atoms with van der Waals surface area (Å²) in [6.07, 6.45) is 5.58. The van der Waals surface area contributed by atoms with Crippen molar-refractivity contribution in [2.45, 2.75) is 51.5 Å². The van der Waals surface area contributed by atoms with Crippen LogP contribution in [0.15, 0.2) is 5.38 Å². The zero-order chi connectivity index (χ0) is 18.1. The molecular formula is C17H26BrN3O3S. The van der Waals surface area contributed by atoms with E-state index in [4.69, 9.17) is 4.74 Å². The summed E-state index contributed by atoms with van der Waals surface area (Å²) in [6, 6.07) is 0.240. The Kier molecular flexibility index (Phi) is 8.67. The van der Waals surface area contributed by atoms with E-state index >= 15 is 0 Å². The van der Waals surface area contributed by atoms with Crippen LogP contribution in [0.3, 0.4) is 0 Å². The average Bonchev–Trinajstić information content (AvgIpc) is 3.10. The Balaban J connectivity index is 1.72. The molecule has 2 heterocycles. The minimum absolute atomic E-state index is 0.159. The molecule has 1 aliphatic heterocycles. The summed E-state index contributed by atoms with van der Waals surface area (Å²) in [4.78, 5) is 30.2. The number of alkyl halides is 1. The van der Waals surface area contributed by atoms with E-state index < -0.39 is 0 Å². The summed E-state index contributed by atoms with van der Waals surface area (Å²) in [5.74, 6) is -0.209. The van der Waals surface area contributed by atoms with Crippen LogP contribution in [0.4, 0.5) is 5.13 Å². The summed E-state index contributed by atoms with van der Waals surface area (Å²) >= 11 is 4.87. The molecule has 140 valence electrons. The molecule has 0 saturated carbocycles. The number of piperidine rings is 1. The van der Waals surface area contributed by atoms with Crippen molar-refractivity contribution in [1.82, 2.24) is 10.3 Å². The smallest absolute Gasteiger partial charge is 0.357 e. The number of hydrogen-bond donors (Lipinski definition) is 1. The normalized spacial score (nSPS) is 15.2. The maximum absolute atomic E-state index is 12.0. The molecule has 1 saturated heterocycles. The number of thiazole rings is 1. The largest absolute Gasteiger partial charge is 0.461 e. The van der Waals surface area contributed by atoms with E-state index in [1.165, 1.54) is 11.3 Å². The minimum atomic E-state index is -0.368. The van der Waals surface area contributed by atoms with Crippen molar-refractivity contribution in [2.24, 2.45) is 0 Å². The Morgan fingerprint density at radius 1 is 1.36 bits per heavy atom. The van der Waals surface area contributed by atoms with Crippen molar-refractivity contribution < 1.29 is 14.3 Å². The van der Waals surface area contributed by atoms with Gasteiger partial charge in [-0.25, -0.2) is 9.78 Å². The summed E-state index contributed by atoms with van der Waals surface area (Å²) in [7, 11) is 0. The monoisotopic (exact) mass is 431 g/mol. The van der Waals surface area contributed by atoms with E-state index in [0.29, 0.717) is 18.7 Å². The van der Waals surface area contributed by atoms with Gasteiger partial charge in [-0.05, 0) is 32.6 Å². The Bertz CT molecular complexity index is 559. The van der Waals surface area contributed by atoms with E-state index in [2.05, 4.69) is 31.1 Å². The van der Waals surface area contributed by atoms with Gasteiger partial charge in [-0.1, -0.05) is 22.4 Å². The fourth-order valence-electron chi connectivity index (χ4n) is 2.78. The predicted octanol–water partition coefficient (Wildman–Crippen LogP) is 3.36. The molecule has 1 N–H and O–H groups in total. The van der Waals surface area contributed by atoms with Crippen LogP contribution >= 0.6 is 27.3 Å². The maximum Gasteiger partial charge on any atom is 0.357 e. The van der Waals surface area contributed by atoms with Crippen LogP contribution < -0.4 is 10.2 Å². The van der Waals surface area contributed by atoms with Crippen LogP contribution in [-0.2, 0) is 9.53 Å². The summed E-state index contributed by atoms with van der Waals surface area (Å²) < 4.78 is 4.97. The van der Waals surface area contributed by atoms with Crippen molar-refractivity contribution in [3.8, 4) is 0 Å². The third-order valence-electron chi connectivity index (χ3n) is 4.14. The van der Waals surface area contributed by atoms with Crippen LogP contribution in [0.2, 0.25) is 0 Å². The number of unbranched alkanes of at least 4 members (excludes halogenated alkanes) is 2. The number of hydrogen-bond acceptors (Lipinski definition) is 6. The summed E-state index contributed by atoms with van der Waals surface area (Å²) in [5.41, 5.74) is 0.376. The molecule has 8 heteroatoms. The second-order valence-corrected chi connectivity index (χ2v) is 7.69. The van der Waals surface area contributed by atoms with Crippen molar-refractivity contribution in [3.05, 3.63) is 11.1 Å². The van der Waals surface area contributed by atoms with Crippen LogP contribution in [0.25, 0.3) is 0 Å². The number of carbonyl (C=O) groups excluding carboxylic acids is 2. The molecule has 6 nitrogen and oxygen atoms in total. The van der Waals surface area contributed by atoms with Gasteiger partial charge < -0.3 is 15.0 Å². The van der Waals surface area contributed by atoms with Crippen molar-refractivity contribution >= 4 is 44.3 Å². The first kappa shape index (κ1) is 20.2. The number of ether oxygens (including phenoxy) is 1. The van der Waals surface area contributed by atoms with Gasteiger partial charge in [0.25, 0.3) is 0 Å². The van der Waals surface area contributed by atoms with Crippen LogP contribution in [0, 0.1) is 0 Å². The number of nitrogens with one attached hydrogen (secondary N) is 1. The van der Waals surface area contributed by atoms with Crippen molar-refractivity contribution in [1.29, 1.82) is 0 Å². The highest BCUT2D eigenvalue weighted by Gasteiger charge is 2.23. The lowest BCUT2D eigenvalue weighted by molar-refractivity contribution is -0.122. The molecular weight excluding hydrogens is 406 g/mol. The first-order valence-corrected chi connectivity index (χ1v) is 10.9. The van der Waals surface area contributed by atoms with E-state index in [-0.39, 0.29) is 17.9 Å². The highest BCUT2D eigenvalue weighted by molar-refractivity contribution is 9.09. The summed E-state index contributed by atoms with van der Waals surface area (Å²) in [6.45, 7) is 3.81. The SMILES string of the molecule is CCOC(=O)c1csc(N2CCC(NC(=O)CCCCCBr)CC2)n1. The number of nitrogens with zero attached hydrogens (tertiary/aromatic N) is 2. The van der Waals surface area contributed by atoms with Gasteiger partial charge in [0.05, 0.1) is 6.61 Å². The Hall–Kier alpha value is -1.15. The number of aromatic nitrogens is 1. The number of halogens is 1. The Morgan fingerprint density at radius 3 is 2.80 bits per heavy atom. The minimum Gasteiger partial charge on any atom is -0.461 e. The molecule has 0 radical (unpaired) electrons. The van der Waals surface area contributed by atoms with Gasteiger partial charge in [0.1, 0.15) is 0 Å². The first-order chi connectivity index (χ1) is 12.1. The number of rotatable bonds is 9. The lowest BCUT2D eigenvalue weighted by Crippen LogP contribution is -2.44. The molecule has 2 rings (SSSR count). The molecule has 0 aliphatic carbocycles. The molecule has 0 aromatic carbocycles. The van der Waals surface area contributed by atoms with E-state index in [1.807, 2.05) is 0 Å². The number of carbonyl (C=O) groups is 2. The molecule has 25 heavy (non-hydrogen) atoms. The second-order valence-electron chi connectivity index (χ2n) is 6.06. The van der Waals surface area contributed by atoms with Gasteiger partial charge in [0.15, 0.2) is 10.8 Å². The number of anilines is 1. The fourth-order valence-corrected chi connectivity index (χ4v) is 4.03. The first-order valence-electron chi connectivity index (χ1n) is 8.87. The molecule has 0 spiro atoms. The fraction of sp³-hybridized carbons (Fsp3) is 0.706. The molecule has 1 aromatic rings. The molecule has 1 aromatic heterocycles. The average molecular weight is 432 g/mol. The van der Waals surface area contributed by atoms with Gasteiger partial charge in [0.2, 0.25) is 5.91 Å². The van der Waals surface area contributed by atoms with Gasteiger partial charge in [0, 0.05) is 36.3 Å². The predicted molar refractivity (Wildman–Crippen MR) is 104 cm³/mol. The lowest BCUT2D eigenvalue weighted by Gasteiger charge is -2.32. The zero-order valence-electron chi connectivity index (χ0n) is 14.6.